The van der Waals surface area contributed by atoms with Gasteiger partial charge >= 0.3 is 11.9 Å². The lowest BCUT2D eigenvalue weighted by Crippen LogP contribution is -2.50. The van der Waals surface area contributed by atoms with Crippen LogP contribution in [0.25, 0.3) is 0 Å². The number of benzene rings is 2. The molecule has 6 nitrogen and oxygen atoms in total. The summed E-state index contributed by atoms with van der Waals surface area (Å²) in [6, 6.07) is 16.3. The van der Waals surface area contributed by atoms with Crippen molar-refractivity contribution in [2.75, 3.05) is 6.61 Å². The predicted molar refractivity (Wildman–Crippen MR) is 106 cm³/mol. The van der Waals surface area contributed by atoms with Crippen LogP contribution >= 0.6 is 11.6 Å². The standard InChI is InChI=1S/C22H19ClN2O4/c1-13-22(20(27)29-25-13)17(14-5-3-2-4-6-14)21(11-12-28-19(21)26)24-18(22)15-7-9-16(23)10-8-15/h2-10,17-18,24H,11-12H2,1H3/t17-,18-,21+,22-/m1/s1. The van der Waals surface area contributed by atoms with Crippen LogP contribution in [0.3, 0.4) is 0 Å². The molecule has 29 heavy (non-hydrogen) atoms. The van der Waals surface area contributed by atoms with Crippen LogP contribution in [0.2, 0.25) is 5.02 Å². The van der Waals surface area contributed by atoms with Crippen molar-refractivity contribution < 1.29 is 19.2 Å². The van der Waals surface area contributed by atoms with Gasteiger partial charge in [0.15, 0.2) is 0 Å². The van der Waals surface area contributed by atoms with Crippen LogP contribution in [0, 0.1) is 5.41 Å². The van der Waals surface area contributed by atoms with Crippen molar-refractivity contribution in [3.63, 3.8) is 0 Å². The highest BCUT2D eigenvalue weighted by Crippen LogP contribution is 2.62. The molecule has 2 aromatic carbocycles. The van der Waals surface area contributed by atoms with E-state index in [0.29, 0.717) is 23.8 Å². The molecule has 2 aromatic rings. The molecule has 5 rings (SSSR count). The third-order valence-electron chi connectivity index (χ3n) is 6.44. The summed E-state index contributed by atoms with van der Waals surface area (Å²) in [5.74, 6) is -1.34. The van der Waals surface area contributed by atoms with E-state index in [4.69, 9.17) is 21.2 Å². The molecule has 0 unspecified atom stereocenters. The van der Waals surface area contributed by atoms with E-state index >= 15 is 0 Å². The van der Waals surface area contributed by atoms with Gasteiger partial charge in [-0.05, 0) is 30.2 Å². The summed E-state index contributed by atoms with van der Waals surface area (Å²) in [7, 11) is 0. The normalized spacial score (nSPS) is 33.2. The Labute approximate surface area is 172 Å². The van der Waals surface area contributed by atoms with Crippen molar-refractivity contribution in [3.8, 4) is 0 Å². The van der Waals surface area contributed by atoms with E-state index < -0.39 is 28.9 Å². The third kappa shape index (κ3) is 2.36. The molecule has 0 aromatic heterocycles. The zero-order valence-corrected chi connectivity index (χ0v) is 16.5. The number of hydrogen-bond acceptors (Lipinski definition) is 6. The molecule has 3 aliphatic heterocycles. The zero-order valence-electron chi connectivity index (χ0n) is 15.7. The summed E-state index contributed by atoms with van der Waals surface area (Å²) in [5.41, 5.74) is 0.0223. The van der Waals surface area contributed by atoms with Gasteiger partial charge in [-0.1, -0.05) is 59.2 Å². The van der Waals surface area contributed by atoms with Gasteiger partial charge in [0.25, 0.3) is 0 Å². The van der Waals surface area contributed by atoms with Gasteiger partial charge in [0.2, 0.25) is 0 Å². The summed E-state index contributed by atoms with van der Waals surface area (Å²) < 4.78 is 5.40. The smallest absolute Gasteiger partial charge is 0.349 e. The number of ether oxygens (including phenoxy) is 1. The van der Waals surface area contributed by atoms with Gasteiger partial charge in [-0.2, -0.15) is 0 Å². The Hall–Kier alpha value is -2.70. The monoisotopic (exact) mass is 410 g/mol. The average molecular weight is 411 g/mol. The highest BCUT2D eigenvalue weighted by atomic mass is 35.5. The quantitative estimate of drug-likeness (QED) is 0.606. The van der Waals surface area contributed by atoms with Crippen molar-refractivity contribution in [2.24, 2.45) is 10.6 Å². The highest BCUT2D eigenvalue weighted by molar-refractivity contribution is 6.30. The molecular formula is C22H19ClN2O4. The second kappa shape index (κ2) is 6.40. The fourth-order valence-corrected chi connectivity index (χ4v) is 5.32. The lowest BCUT2D eigenvalue weighted by molar-refractivity contribution is -0.150. The first-order valence-corrected chi connectivity index (χ1v) is 9.90. The number of nitrogens with zero attached hydrogens (tertiary/aromatic N) is 1. The Bertz CT molecular complexity index is 1020. The maximum Gasteiger partial charge on any atom is 0.349 e. The van der Waals surface area contributed by atoms with Gasteiger partial charge in [0.1, 0.15) is 11.0 Å². The van der Waals surface area contributed by atoms with E-state index in [9.17, 15) is 9.59 Å². The summed E-state index contributed by atoms with van der Waals surface area (Å²) in [6.07, 6.45) is 0.456. The minimum atomic E-state index is -1.17. The number of hydrogen-bond donors (Lipinski definition) is 1. The molecule has 2 fully saturated rings. The molecule has 0 amide bonds. The van der Waals surface area contributed by atoms with Crippen molar-refractivity contribution in [2.45, 2.75) is 30.8 Å². The molecule has 3 aliphatic rings. The van der Waals surface area contributed by atoms with E-state index in [1.54, 1.807) is 19.1 Å². The van der Waals surface area contributed by atoms with E-state index in [1.807, 2.05) is 42.5 Å². The predicted octanol–water partition coefficient (Wildman–Crippen LogP) is 3.37. The first kappa shape index (κ1) is 18.3. The second-order valence-corrected chi connectivity index (χ2v) is 8.19. The van der Waals surface area contributed by atoms with Crippen LogP contribution in [0.1, 0.15) is 36.4 Å². The number of nitrogens with one attached hydrogen (secondary N) is 1. The maximum absolute atomic E-state index is 13.3. The highest BCUT2D eigenvalue weighted by Gasteiger charge is 2.74. The minimum Gasteiger partial charge on any atom is -0.464 e. The van der Waals surface area contributed by atoms with Gasteiger partial charge in [0.05, 0.1) is 18.4 Å². The summed E-state index contributed by atoms with van der Waals surface area (Å²) in [6.45, 7) is 2.08. The molecule has 1 N–H and O–H groups in total. The fraction of sp³-hybridized carbons (Fsp3) is 0.318. The molecule has 4 atom stereocenters. The number of halogens is 1. The average Bonchev–Trinajstić information content (AvgIpc) is 3.35. The molecule has 2 spiro atoms. The van der Waals surface area contributed by atoms with Crippen LogP contribution < -0.4 is 5.32 Å². The van der Waals surface area contributed by atoms with E-state index in [2.05, 4.69) is 10.5 Å². The van der Waals surface area contributed by atoms with E-state index in [1.165, 1.54) is 0 Å². The minimum absolute atomic E-state index is 0.295. The Kier molecular flexibility index (Phi) is 4.05. The number of rotatable bonds is 2. The summed E-state index contributed by atoms with van der Waals surface area (Å²) in [4.78, 5) is 31.6. The van der Waals surface area contributed by atoms with E-state index in [-0.39, 0.29) is 5.97 Å². The number of carbonyl (C=O) groups excluding carboxylic acids is 2. The van der Waals surface area contributed by atoms with Crippen molar-refractivity contribution >= 4 is 29.3 Å². The zero-order chi connectivity index (χ0) is 20.2. The first-order valence-electron chi connectivity index (χ1n) is 9.52. The molecule has 0 aliphatic carbocycles. The molecule has 0 saturated carbocycles. The Morgan fingerprint density at radius 1 is 1.03 bits per heavy atom. The van der Waals surface area contributed by atoms with Crippen LogP contribution in [0.5, 0.6) is 0 Å². The Morgan fingerprint density at radius 3 is 2.34 bits per heavy atom. The maximum atomic E-state index is 13.3. The van der Waals surface area contributed by atoms with Crippen LogP contribution in [-0.4, -0.2) is 29.8 Å². The SMILES string of the molecule is CC1=NOC(=O)[C@]12[C@@H](c1ccc(Cl)cc1)N[C@@]1(CCOC1=O)[C@H]2c1ccccc1. The Morgan fingerprint density at radius 2 is 1.76 bits per heavy atom. The van der Waals surface area contributed by atoms with Gasteiger partial charge < -0.3 is 9.57 Å². The molecule has 3 heterocycles. The lowest BCUT2D eigenvalue weighted by Gasteiger charge is -2.35. The third-order valence-corrected chi connectivity index (χ3v) is 6.69. The van der Waals surface area contributed by atoms with Gasteiger partial charge in [-0.15, -0.1) is 0 Å². The first-order chi connectivity index (χ1) is 14.0. The lowest BCUT2D eigenvalue weighted by atomic mass is 9.61. The van der Waals surface area contributed by atoms with Crippen LogP contribution in [0.15, 0.2) is 59.8 Å². The van der Waals surface area contributed by atoms with Gasteiger partial charge in [-0.3, -0.25) is 10.1 Å². The molecule has 0 bridgehead atoms. The largest absolute Gasteiger partial charge is 0.464 e. The number of oxime groups is 1. The van der Waals surface area contributed by atoms with Crippen molar-refractivity contribution in [1.29, 1.82) is 0 Å². The summed E-state index contributed by atoms with van der Waals surface area (Å²) in [5, 5.41) is 8.14. The second-order valence-electron chi connectivity index (χ2n) is 7.75. The molecule has 148 valence electrons. The Balaban J connectivity index is 1.79. The fourth-order valence-electron chi connectivity index (χ4n) is 5.20. The number of esters is 1. The van der Waals surface area contributed by atoms with Crippen molar-refractivity contribution in [1.82, 2.24) is 5.32 Å². The number of cyclic esters (lactones) is 1. The van der Waals surface area contributed by atoms with Crippen LogP contribution in [0.4, 0.5) is 0 Å². The number of carbonyl (C=O) groups is 2. The molecule has 2 saturated heterocycles. The van der Waals surface area contributed by atoms with Crippen molar-refractivity contribution in [3.05, 3.63) is 70.7 Å². The van der Waals surface area contributed by atoms with Gasteiger partial charge in [-0.25, -0.2) is 4.79 Å². The van der Waals surface area contributed by atoms with E-state index in [0.717, 1.165) is 11.1 Å². The topological polar surface area (TPSA) is 77.0 Å². The van der Waals surface area contributed by atoms with Gasteiger partial charge in [0, 0.05) is 17.4 Å². The summed E-state index contributed by atoms with van der Waals surface area (Å²) >= 11 is 6.09. The molecule has 7 heteroatoms. The molecular weight excluding hydrogens is 392 g/mol. The van der Waals surface area contributed by atoms with Crippen LogP contribution in [-0.2, 0) is 19.2 Å². The molecule has 0 radical (unpaired) electrons.